The first-order chi connectivity index (χ1) is 11.8. The number of alkyl halides is 3. The summed E-state index contributed by atoms with van der Waals surface area (Å²) in [5.74, 6) is -1.10. The van der Waals surface area contributed by atoms with Crippen LogP contribution in [-0.2, 0) is 24.1 Å². The van der Waals surface area contributed by atoms with E-state index in [1.807, 2.05) is 0 Å². The second kappa shape index (κ2) is 6.81. The summed E-state index contributed by atoms with van der Waals surface area (Å²) >= 11 is 0. The average molecular weight is 356 g/mol. The van der Waals surface area contributed by atoms with Gasteiger partial charge in [-0.1, -0.05) is 17.7 Å². The highest BCUT2D eigenvalue weighted by Gasteiger charge is 2.33. The lowest BCUT2D eigenvalue weighted by Crippen LogP contribution is -2.28. The molecule has 0 spiro atoms. The first-order valence-corrected chi connectivity index (χ1v) is 7.85. The molecule has 0 saturated heterocycles. The zero-order valence-electron chi connectivity index (χ0n) is 13.2. The number of amides is 1. The van der Waals surface area contributed by atoms with Crippen LogP contribution in [0.4, 0.5) is 17.6 Å². The molecular formula is C16H16F4N4O. The highest BCUT2D eigenvalue weighted by atomic mass is 19.4. The number of carbonyl (C=O) groups is 1. The maximum absolute atomic E-state index is 13.1. The lowest BCUT2D eigenvalue weighted by Gasteiger charge is -2.22. The van der Waals surface area contributed by atoms with E-state index in [1.54, 1.807) is 6.20 Å². The van der Waals surface area contributed by atoms with E-state index in [0.717, 1.165) is 37.1 Å². The number of hydrogen-bond donors (Lipinski definition) is 1. The third-order valence-electron chi connectivity index (χ3n) is 4.24. The van der Waals surface area contributed by atoms with Crippen molar-refractivity contribution in [3.05, 3.63) is 47.0 Å². The molecule has 1 aromatic carbocycles. The molecule has 5 nitrogen and oxygen atoms in total. The number of carbonyl (C=O) groups excluding carboxylic acids is 1. The molecule has 1 N–H and O–H groups in total. The monoisotopic (exact) mass is 356 g/mol. The zero-order valence-corrected chi connectivity index (χ0v) is 13.2. The first kappa shape index (κ1) is 17.4. The molecule has 2 aromatic rings. The van der Waals surface area contributed by atoms with Gasteiger partial charge in [0.2, 0.25) is 5.91 Å². The molecule has 0 bridgehead atoms. The van der Waals surface area contributed by atoms with Gasteiger partial charge >= 0.3 is 6.18 Å². The Kier molecular flexibility index (Phi) is 4.73. The summed E-state index contributed by atoms with van der Waals surface area (Å²) in [6.45, 7) is -0.486. The van der Waals surface area contributed by atoms with Crippen molar-refractivity contribution in [3.8, 4) is 0 Å². The van der Waals surface area contributed by atoms with Crippen LogP contribution >= 0.6 is 0 Å². The zero-order chi connectivity index (χ0) is 18.0. The van der Waals surface area contributed by atoms with Gasteiger partial charge in [-0.15, -0.1) is 5.10 Å². The number of nitrogens with zero attached hydrogens (tertiary/aromatic N) is 3. The van der Waals surface area contributed by atoms with Gasteiger partial charge in [-0.25, -0.2) is 9.07 Å². The Labute approximate surface area is 141 Å². The molecule has 1 aliphatic rings. The van der Waals surface area contributed by atoms with Crippen molar-refractivity contribution in [3.63, 3.8) is 0 Å². The molecule has 25 heavy (non-hydrogen) atoms. The molecule has 0 radical (unpaired) electrons. The van der Waals surface area contributed by atoms with Gasteiger partial charge in [-0.2, -0.15) is 13.2 Å². The lowest BCUT2D eigenvalue weighted by atomic mass is 9.83. The Morgan fingerprint density at radius 1 is 1.32 bits per heavy atom. The van der Waals surface area contributed by atoms with Crippen molar-refractivity contribution in [2.75, 3.05) is 0 Å². The Morgan fingerprint density at radius 2 is 2.08 bits per heavy atom. The number of aromatic nitrogens is 3. The highest BCUT2D eigenvalue weighted by molar-refractivity contribution is 5.75. The van der Waals surface area contributed by atoms with Crippen molar-refractivity contribution >= 4 is 5.91 Å². The fourth-order valence-corrected chi connectivity index (χ4v) is 2.65. The third kappa shape index (κ3) is 4.15. The second-order valence-corrected chi connectivity index (χ2v) is 6.04. The van der Waals surface area contributed by atoms with Crippen LogP contribution < -0.4 is 5.32 Å². The molecule has 1 heterocycles. The van der Waals surface area contributed by atoms with E-state index in [2.05, 4.69) is 15.6 Å². The topological polar surface area (TPSA) is 59.8 Å². The van der Waals surface area contributed by atoms with Crippen LogP contribution in [0.5, 0.6) is 0 Å². The standard InChI is InChI=1S/C16H16F4N4O/c17-12-5-4-11(13(6-12)16(18,19)20)7-21-15(25)9-24-8-14(22-23-24)10-2-1-3-10/h4-6,8,10H,1-3,7,9H2,(H,21,25). The number of benzene rings is 1. The van der Waals surface area contributed by atoms with Gasteiger partial charge < -0.3 is 5.32 Å². The minimum atomic E-state index is -4.69. The van der Waals surface area contributed by atoms with Crippen LogP contribution in [0.25, 0.3) is 0 Å². The molecule has 1 saturated carbocycles. The van der Waals surface area contributed by atoms with Crippen LogP contribution in [0, 0.1) is 5.82 Å². The number of hydrogen-bond acceptors (Lipinski definition) is 3. The van der Waals surface area contributed by atoms with Crippen molar-refractivity contribution in [2.24, 2.45) is 0 Å². The summed E-state index contributed by atoms with van der Waals surface area (Å²) in [6, 6.07) is 2.37. The summed E-state index contributed by atoms with van der Waals surface area (Å²) in [7, 11) is 0. The van der Waals surface area contributed by atoms with Crippen LogP contribution in [0.2, 0.25) is 0 Å². The van der Waals surface area contributed by atoms with Crippen molar-refractivity contribution < 1.29 is 22.4 Å². The van der Waals surface area contributed by atoms with E-state index in [0.29, 0.717) is 12.0 Å². The Morgan fingerprint density at radius 3 is 2.72 bits per heavy atom. The second-order valence-electron chi connectivity index (χ2n) is 6.04. The van der Waals surface area contributed by atoms with E-state index in [1.165, 1.54) is 4.68 Å². The molecule has 1 aliphatic carbocycles. The highest BCUT2D eigenvalue weighted by Crippen LogP contribution is 2.35. The fraction of sp³-hybridized carbons (Fsp3) is 0.438. The fourth-order valence-electron chi connectivity index (χ4n) is 2.65. The van der Waals surface area contributed by atoms with Crippen molar-refractivity contribution in [1.82, 2.24) is 20.3 Å². The normalized spacial score (nSPS) is 15.0. The minimum absolute atomic E-state index is 0.137. The maximum atomic E-state index is 13.1. The van der Waals surface area contributed by atoms with Crippen LogP contribution in [0.15, 0.2) is 24.4 Å². The summed E-state index contributed by atoms with van der Waals surface area (Å²) in [4.78, 5) is 11.9. The Hall–Kier alpha value is -2.45. The first-order valence-electron chi connectivity index (χ1n) is 7.85. The summed E-state index contributed by atoms with van der Waals surface area (Å²) in [6.07, 6.45) is 0.247. The van der Waals surface area contributed by atoms with Crippen LogP contribution in [0.3, 0.4) is 0 Å². The lowest BCUT2D eigenvalue weighted by molar-refractivity contribution is -0.138. The molecule has 1 fully saturated rings. The molecule has 134 valence electrons. The summed E-state index contributed by atoms with van der Waals surface area (Å²) < 4.78 is 53.2. The van der Waals surface area contributed by atoms with E-state index in [-0.39, 0.29) is 18.7 Å². The van der Waals surface area contributed by atoms with Gasteiger partial charge in [0, 0.05) is 18.7 Å². The van der Waals surface area contributed by atoms with Gasteiger partial charge in [-0.05, 0) is 30.5 Å². The molecule has 0 atom stereocenters. The largest absolute Gasteiger partial charge is 0.416 e. The predicted molar refractivity (Wildman–Crippen MR) is 79.9 cm³/mol. The van der Waals surface area contributed by atoms with Crippen molar-refractivity contribution in [1.29, 1.82) is 0 Å². The van der Waals surface area contributed by atoms with E-state index in [4.69, 9.17) is 0 Å². The summed E-state index contributed by atoms with van der Waals surface area (Å²) in [5, 5.41) is 10.3. The Bertz CT molecular complexity index is 768. The van der Waals surface area contributed by atoms with Gasteiger partial charge in [0.1, 0.15) is 12.4 Å². The summed E-state index contributed by atoms with van der Waals surface area (Å²) in [5.41, 5.74) is -0.464. The van der Waals surface area contributed by atoms with Gasteiger partial charge in [0.25, 0.3) is 0 Å². The molecule has 0 aliphatic heterocycles. The van der Waals surface area contributed by atoms with E-state index in [9.17, 15) is 22.4 Å². The molecule has 9 heteroatoms. The predicted octanol–water partition coefficient (Wildman–Crippen LogP) is 3.02. The number of nitrogens with one attached hydrogen (secondary N) is 1. The molecule has 1 amide bonds. The van der Waals surface area contributed by atoms with Crippen LogP contribution in [-0.4, -0.2) is 20.9 Å². The quantitative estimate of drug-likeness (QED) is 0.838. The average Bonchev–Trinajstić information content (AvgIpc) is 2.91. The Balaban J connectivity index is 1.60. The molecule has 1 aromatic heterocycles. The van der Waals surface area contributed by atoms with Gasteiger partial charge in [-0.3, -0.25) is 4.79 Å². The molecule has 3 rings (SSSR count). The maximum Gasteiger partial charge on any atom is 0.416 e. The number of halogens is 4. The van der Waals surface area contributed by atoms with Crippen molar-refractivity contribution in [2.45, 2.75) is 44.4 Å². The molecular weight excluding hydrogens is 340 g/mol. The third-order valence-corrected chi connectivity index (χ3v) is 4.24. The van der Waals surface area contributed by atoms with Crippen LogP contribution in [0.1, 0.15) is 42.0 Å². The number of rotatable bonds is 5. The SMILES string of the molecule is O=C(Cn1cc(C2CCC2)nn1)NCc1ccc(F)cc1C(F)(F)F. The van der Waals surface area contributed by atoms with E-state index >= 15 is 0 Å². The van der Waals surface area contributed by atoms with E-state index < -0.39 is 23.5 Å². The minimum Gasteiger partial charge on any atom is -0.350 e. The molecule has 0 unspecified atom stereocenters. The van der Waals surface area contributed by atoms with Gasteiger partial charge in [0.15, 0.2) is 0 Å². The van der Waals surface area contributed by atoms with Gasteiger partial charge in [0.05, 0.1) is 11.3 Å². The smallest absolute Gasteiger partial charge is 0.350 e.